The van der Waals surface area contributed by atoms with E-state index in [0.717, 1.165) is 30.4 Å². The SMILES string of the molecule is Cc1ccc(N2CCN(CC3CC3)C3(CCN(C(=O)c4cscn4)CC3)C2=O)cn1. The quantitative estimate of drug-likeness (QED) is 0.753. The van der Waals surface area contributed by atoms with Crippen molar-refractivity contribution in [1.29, 1.82) is 0 Å². The van der Waals surface area contributed by atoms with Crippen LogP contribution in [0.4, 0.5) is 5.69 Å². The summed E-state index contributed by atoms with van der Waals surface area (Å²) >= 11 is 1.43. The maximum atomic E-state index is 13.8. The first-order valence-electron chi connectivity index (χ1n) is 10.7. The van der Waals surface area contributed by atoms with Crippen LogP contribution in [0.5, 0.6) is 0 Å². The Morgan fingerprint density at radius 3 is 2.60 bits per heavy atom. The molecule has 2 aromatic heterocycles. The van der Waals surface area contributed by atoms with Gasteiger partial charge in [0.15, 0.2) is 0 Å². The molecule has 2 saturated heterocycles. The molecule has 7 nitrogen and oxygen atoms in total. The van der Waals surface area contributed by atoms with Gasteiger partial charge in [0, 0.05) is 43.8 Å². The summed E-state index contributed by atoms with van der Waals surface area (Å²) in [4.78, 5) is 41.4. The summed E-state index contributed by atoms with van der Waals surface area (Å²) in [5, 5.41) is 1.80. The normalized spacial score (nSPS) is 22.0. The van der Waals surface area contributed by atoms with Crippen LogP contribution in [0.25, 0.3) is 0 Å². The van der Waals surface area contributed by atoms with Crippen LogP contribution >= 0.6 is 11.3 Å². The van der Waals surface area contributed by atoms with E-state index in [1.54, 1.807) is 17.1 Å². The lowest BCUT2D eigenvalue weighted by Crippen LogP contribution is -2.69. The lowest BCUT2D eigenvalue weighted by atomic mass is 9.81. The number of piperidine rings is 1. The van der Waals surface area contributed by atoms with Crippen LogP contribution in [-0.4, -0.2) is 69.8 Å². The van der Waals surface area contributed by atoms with Gasteiger partial charge in [-0.3, -0.25) is 19.5 Å². The second kappa shape index (κ2) is 7.74. The van der Waals surface area contributed by atoms with Crippen LogP contribution < -0.4 is 4.90 Å². The maximum Gasteiger partial charge on any atom is 0.273 e. The summed E-state index contributed by atoms with van der Waals surface area (Å²) in [6.45, 7) is 5.68. The summed E-state index contributed by atoms with van der Waals surface area (Å²) < 4.78 is 0. The fraction of sp³-hybridized carbons (Fsp3) is 0.545. The first kappa shape index (κ1) is 19.6. The molecule has 1 saturated carbocycles. The van der Waals surface area contributed by atoms with E-state index >= 15 is 0 Å². The zero-order chi connectivity index (χ0) is 20.7. The van der Waals surface area contributed by atoms with Gasteiger partial charge in [-0.1, -0.05) is 0 Å². The van der Waals surface area contributed by atoms with E-state index < -0.39 is 5.54 Å². The number of rotatable bonds is 4. The van der Waals surface area contributed by atoms with Gasteiger partial charge in [0.25, 0.3) is 5.91 Å². The number of aromatic nitrogens is 2. The van der Waals surface area contributed by atoms with E-state index in [4.69, 9.17) is 0 Å². The number of likely N-dealkylation sites (tertiary alicyclic amines) is 1. The number of pyridine rings is 1. The van der Waals surface area contributed by atoms with Crippen molar-refractivity contribution >= 4 is 28.8 Å². The van der Waals surface area contributed by atoms with E-state index in [2.05, 4.69) is 14.9 Å². The maximum absolute atomic E-state index is 13.8. The van der Waals surface area contributed by atoms with Gasteiger partial charge >= 0.3 is 0 Å². The molecule has 0 aromatic carbocycles. The molecular weight excluding hydrogens is 398 g/mol. The lowest BCUT2D eigenvalue weighted by molar-refractivity contribution is -0.137. The average Bonchev–Trinajstić information content (AvgIpc) is 3.41. The Morgan fingerprint density at radius 1 is 1.17 bits per heavy atom. The number of thiazole rings is 1. The third-order valence-corrected chi connectivity index (χ3v) is 7.34. The van der Waals surface area contributed by atoms with Crippen LogP contribution in [0.2, 0.25) is 0 Å². The van der Waals surface area contributed by atoms with Crippen molar-refractivity contribution in [3.05, 3.63) is 40.6 Å². The predicted molar refractivity (Wildman–Crippen MR) is 116 cm³/mol. The Morgan fingerprint density at radius 2 is 1.97 bits per heavy atom. The molecule has 5 rings (SSSR count). The molecule has 0 radical (unpaired) electrons. The van der Waals surface area contributed by atoms with Crippen molar-refractivity contribution in [3.8, 4) is 0 Å². The van der Waals surface area contributed by atoms with E-state index in [-0.39, 0.29) is 11.8 Å². The molecule has 8 heteroatoms. The van der Waals surface area contributed by atoms with Crippen LogP contribution in [0.1, 0.15) is 41.9 Å². The average molecular weight is 426 g/mol. The largest absolute Gasteiger partial charge is 0.337 e. The topological polar surface area (TPSA) is 69.6 Å². The van der Waals surface area contributed by atoms with Gasteiger partial charge in [0.2, 0.25) is 5.91 Å². The zero-order valence-corrected chi connectivity index (χ0v) is 18.1. The molecule has 30 heavy (non-hydrogen) atoms. The van der Waals surface area contributed by atoms with Crippen molar-refractivity contribution in [2.75, 3.05) is 37.6 Å². The molecule has 4 heterocycles. The Labute approximate surface area is 180 Å². The molecule has 0 bridgehead atoms. The minimum atomic E-state index is -0.523. The molecule has 3 fully saturated rings. The first-order chi connectivity index (χ1) is 14.6. The Kier molecular flexibility index (Phi) is 5.06. The van der Waals surface area contributed by atoms with E-state index in [1.165, 1.54) is 24.2 Å². The number of aryl methyl sites for hydroxylation is 1. The van der Waals surface area contributed by atoms with Gasteiger partial charge in [0.1, 0.15) is 11.2 Å². The van der Waals surface area contributed by atoms with Crippen LogP contribution in [0.3, 0.4) is 0 Å². The summed E-state index contributed by atoms with van der Waals surface area (Å²) in [5.74, 6) is 0.862. The highest BCUT2D eigenvalue weighted by Crippen LogP contribution is 2.39. The molecule has 0 atom stereocenters. The number of hydrogen-bond donors (Lipinski definition) is 0. The minimum absolute atomic E-state index is 0.0253. The summed E-state index contributed by atoms with van der Waals surface area (Å²) in [7, 11) is 0. The van der Waals surface area contributed by atoms with Gasteiger partial charge in [0.05, 0.1) is 17.4 Å². The van der Waals surface area contributed by atoms with Gasteiger partial charge in [-0.25, -0.2) is 4.98 Å². The highest BCUT2D eigenvalue weighted by Gasteiger charge is 2.52. The molecule has 0 N–H and O–H groups in total. The van der Waals surface area contributed by atoms with Crippen molar-refractivity contribution in [1.82, 2.24) is 19.8 Å². The van der Waals surface area contributed by atoms with Crippen molar-refractivity contribution in [2.24, 2.45) is 5.92 Å². The third kappa shape index (κ3) is 3.52. The molecule has 2 aromatic rings. The minimum Gasteiger partial charge on any atom is -0.337 e. The Bertz CT molecular complexity index is 918. The molecule has 1 aliphatic carbocycles. The second-order valence-electron chi connectivity index (χ2n) is 8.70. The highest BCUT2D eigenvalue weighted by molar-refractivity contribution is 7.07. The van der Waals surface area contributed by atoms with Crippen molar-refractivity contribution in [2.45, 2.75) is 38.1 Å². The molecule has 2 aliphatic heterocycles. The molecule has 3 aliphatic rings. The van der Waals surface area contributed by atoms with Gasteiger partial charge < -0.3 is 9.80 Å². The lowest BCUT2D eigenvalue weighted by Gasteiger charge is -2.53. The second-order valence-corrected chi connectivity index (χ2v) is 9.42. The standard InChI is InChI=1S/C22H27N5O2S/c1-16-2-5-18(12-23-16)27-11-10-26(13-17-3-4-17)22(21(27)29)6-8-25(9-7-22)20(28)19-14-30-15-24-19/h2,5,12,14-15,17H,3-4,6-11,13H2,1H3. The summed E-state index contributed by atoms with van der Waals surface area (Å²) in [5.41, 5.74) is 3.49. The van der Waals surface area contributed by atoms with E-state index in [0.29, 0.717) is 38.2 Å². The smallest absolute Gasteiger partial charge is 0.273 e. The zero-order valence-electron chi connectivity index (χ0n) is 17.3. The van der Waals surface area contributed by atoms with Crippen molar-refractivity contribution in [3.63, 3.8) is 0 Å². The number of amides is 2. The number of nitrogens with zero attached hydrogens (tertiary/aromatic N) is 5. The first-order valence-corrected chi connectivity index (χ1v) is 11.7. The number of carbonyl (C=O) groups excluding carboxylic acids is 2. The van der Waals surface area contributed by atoms with E-state index in [1.807, 2.05) is 28.9 Å². The fourth-order valence-electron chi connectivity index (χ4n) is 4.76. The van der Waals surface area contributed by atoms with Gasteiger partial charge in [-0.05, 0) is 50.7 Å². The number of piperazine rings is 1. The fourth-order valence-corrected chi connectivity index (χ4v) is 5.28. The van der Waals surface area contributed by atoms with Gasteiger partial charge in [-0.2, -0.15) is 0 Å². The monoisotopic (exact) mass is 425 g/mol. The highest BCUT2D eigenvalue weighted by atomic mass is 32.1. The molecular formula is C22H27N5O2S. The third-order valence-electron chi connectivity index (χ3n) is 6.75. The van der Waals surface area contributed by atoms with Crippen LogP contribution in [-0.2, 0) is 4.79 Å². The van der Waals surface area contributed by atoms with E-state index in [9.17, 15) is 9.59 Å². The predicted octanol–water partition coefficient (Wildman–Crippen LogP) is 2.58. The van der Waals surface area contributed by atoms with Crippen LogP contribution in [0.15, 0.2) is 29.2 Å². The molecule has 1 spiro atoms. The van der Waals surface area contributed by atoms with Crippen molar-refractivity contribution < 1.29 is 9.59 Å². The number of hydrogen-bond acceptors (Lipinski definition) is 6. The molecule has 2 amide bonds. The Hall–Kier alpha value is -2.32. The van der Waals surface area contributed by atoms with Gasteiger partial charge in [-0.15, -0.1) is 11.3 Å². The number of anilines is 1. The summed E-state index contributed by atoms with van der Waals surface area (Å²) in [6, 6.07) is 3.95. The van der Waals surface area contributed by atoms with Crippen LogP contribution in [0, 0.1) is 12.8 Å². The Balaban J connectivity index is 1.38. The molecule has 0 unspecified atom stereocenters. The molecule has 158 valence electrons. The number of carbonyl (C=O) groups is 2. The summed E-state index contributed by atoms with van der Waals surface area (Å²) in [6.07, 6.45) is 5.68.